The van der Waals surface area contributed by atoms with Crippen molar-refractivity contribution in [2.75, 3.05) is 11.9 Å². The Kier molecular flexibility index (Phi) is 4.29. The number of nitrogens with zero attached hydrogens (tertiary/aromatic N) is 5. The highest BCUT2D eigenvalue weighted by Gasteiger charge is 2.15. The van der Waals surface area contributed by atoms with Crippen molar-refractivity contribution in [3.05, 3.63) is 67.1 Å². The van der Waals surface area contributed by atoms with Crippen LogP contribution in [0.1, 0.15) is 0 Å². The average Bonchev–Trinajstić information content (AvgIpc) is 3.21. The topological polar surface area (TPSA) is 94.6 Å². The molecule has 3 heterocycles. The van der Waals surface area contributed by atoms with Gasteiger partial charge < -0.3 is 15.8 Å². The molecule has 1 aliphatic carbocycles. The highest BCUT2D eigenvalue weighted by atomic mass is 16.3. The molecule has 3 aromatic rings. The van der Waals surface area contributed by atoms with Crippen LogP contribution in [0.15, 0.2) is 72.1 Å². The number of aliphatic hydroxyl groups excluding tert-OH is 1. The van der Waals surface area contributed by atoms with Gasteiger partial charge >= 0.3 is 0 Å². The number of anilines is 1. The second kappa shape index (κ2) is 6.91. The first-order chi connectivity index (χ1) is 13.1. The molecule has 0 aliphatic heterocycles. The zero-order valence-corrected chi connectivity index (χ0v) is 14.9. The van der Waals surface area contributed by atoms with E-state index in [1.165, 1.54) is 6.08 Å². The summed E-state index contributed by atoms with van der Waals surface area (Å²) in [5, 5.41) is 25.6. The van der Waals surface area contributed by atoms with E-state index in [-0.39, 0.29) is 11.5 Å². The molecular formula is C19H20N7O+. The van der Waals surface area contributed by atoms with Gasteiger partial charge in [0.2, 0.25) is 6.33 Å². The molecule has 0 atom stereocenters. The quantitative estimate of drug-likeness (QED) is 0.480. The maximum absolute atomic E-state index is 10.1. The van der Waals surface area contributed by atoms with E-state index in [1.54, 1.807) is 16.7 Å². The smallest absolute Gasteiger partial charge is 0.243 e. The standard InChI is InChI=1S/C19H19N7O/c1-24-10-11-25(13-24)9-7-21-19-18(16-4-2-3-8-26(16)23-19)22-15-6-5-14(20)12-17(15)27/h2-6,8,10-13H,7,9H2,1H3,(H2-,20,21,23,27)/p+1/b22-15+. The van der Waals surface area contributed by atoms with Crippen molar-refractivity contribution in [2.45, 2.75) is 6.54 Å². The summed E-state index contributed by atoms with van der Waals surface area (Å²) < 4.78 is 5.83. The number of aliphatic imine (C=N–C) groups is 1. The maximum Gasteiger partial charge on any atom is 0.243 e. The summed E-state index contributed by atoms with van der Waals surface area (Å²) in [6.07, 6.45) is 12.5. The lowest BCUT2D eigenvalue weighted by Gasteiger charge is -2.07. The van der Waals surface area contributed by atoms with Gasteiger partial charge in [0.1, 0.15) is 36.1 Å². The van der Waals surface area contributed by atoms with Gasteiger partial charge in [0.25, 0.3) is 0 Å². The number of aryl methyl sites for hydroxylation is 1. The Morgan fingerprint density at radius 1 is 1.30 bits per heavy atom. The number of nitrogens with one attached hydrogen (secondary N) is 2. The molecule has 0 amide bonds. The van der Waals surface area contributed by atoms with E-state index in [9.17, 15) is 5.11 Å². The maximum atomic E-state index is 10.1. The number of rotatable bonds is 5. The van der Waals surface area contributed by atoms with E-state index in [0.717, 1.165) is 12.1 Å². The molecule has 3 aromatic heterocycles. The summed E-state index contributed by atoms with van der Waals surface area (Å²) in [5.41, 5.74) is 2.14. The predicted molar refractivity (Wildman–Crippen MR) is 104 cm³/mol. The van der Waals surface area contributed by atoms with Crippen LogP contribution in [0.2, 0.25) is 0 Å². The molecule has 27 heavy (non-hydrogen) atoms. The van der Waals surface area contributed by atoms with Crippen molar-refractivity contribution in [3.63, 3.8) is 0 Å². The fourth-order valence-corrected chi connectivity index (χ4v) is 2.89. The Labute approximate surface area is 155 Å². The first-order valence-corrected chi connectivity index (χ1v) is 8.59. The molecule has 0 bridgehead atoms. The number of fused-ring (bicyclic) bond motifs is 1. The third kappa shape index (κ3) is 3.50. The molecule has 4 rings (SSSR count). The Bertz CT molecular complexity index is 1100. The second-order valence-corrected chi connectivity index (χ2v) is 6.29. The SMILES string of the molecule is C[n+]1ccn(CCNc2nn3ccccc3c2/N=C2\C=CC(=N)C=C2O)c1. The van der Waals surface area contributed by atoms with Crippen LogP contribution in [-0.4, -0.2) is 37.3 Å². The lowest BCUT2D eigenvalue weighted by molar-refractivity contribution is -0.671. The van der Waals surface area contributed by atoms with Gasteiger partial charge in [-0.2, -0.15) is 0 Å². The van der Waals surface area contributed by atoms with Crippen molar-refractivity contribution < 1.29 is 9.67 Å². The van der Waals surface area contributed by atoms with E-state index in [4.69, 9.17) is 5.41 Å². The molecule has 1 aliphatic rings. The molecule has 0 aromatic carbocycles. The Morgan fingerprint density at radius 2 is 2.19 bits per heavy atom. The van der Waals surface area contributed by atoms with Crippen LogP contribution < -0.4 is 9.88 Å². The molecule has 8 nitrogen and oxygen atoms in total. The molecule has 0 saturated heterocycles. The minimum atomic E-state index is -0.0245. The van der Waals surface area contributed by atoms with E-state index < -0.39 is 0 Å². The molecule has 3 N–H and O–H groups in total. The van der Waals surface area contributed by atoms with Gasteiger partial charge in [-0.3, -0.25) is 0 Å². The fraction of sp³-hybridized carbons (Fsp3) is 0.158. The van der Waals surface area contributed by atoms with E-state index >= 15 is 0 Å². The van der Waals surface area contributed by atoms with Crippen LogP contribution in [0.3, 0.4) is 0 Å². The van der Waals surface area contributed by atoms with Crippen LogP contribution in [-0.2, 0) is 13.6 Å². The number of allylic oxidation sites excluding steroid dienone is 3. The minimum absolute atomic E-state index is 0.0245. The summed E-state index contributed by atoms with van der Waals surface area (Å²) in [6, 6.07) is 5.75. The highest BCUT2D eigenvalue weighted by molar-refractivity contribution is 6.20. The Hall–Kier alpha value is -3.68. The highest BCUT2D eigenvalue weighted by Crippen LogP contribution is 2.30. The third-order valence-electron chi connectivity index (χ3n) is 4.21. The van der Waals surface area contributed by atoms with Crippen molar-refractivity contribution in [1.82, 2.24) is 14.2 Å². The monoisotopic (exact) mass is 362 g/mol. The molecule has 0 radical (unpaired) electrons. The summed E-state index contributed by atoms with van der Waals surface area (Å²) in [6.45, 7) is 1.46. The van der Waals surface area contributed by atoms with Crippen molar-refractivity contribution in [2.24, 2.45) is 12.0 Å². The van der Waals surface area contributed by atoms with Crippen molar-refractivity contribution in [1.29, 1.82) is 5.41 Å². The van der Waals surface area contributed by atoms with Crippen LogP contribution in [0, 0.1) is 5.41 Å². The van der Waals surface area contributed by atoms with Gasteiger partial charge in [-0.25, -0.2) is 18.6 Å². The summed E-state index contributed by atoms with van der Waals surface area (Å²) in [5.74, 6) is 0.621. The number of imidazole rings is 1. The van der Waals surface area contributed by atoms with Crippen LogP contribution in [0.5, 0.6) is 0 Å². The van der Waals surface area contributed by atoms with Crippen LogP contribution in [0.4, 0.5) is 11.5 Å². The second-order valence-electron chi connectivity index (χ2n) is 6.29. The van der Waals surface area contributed by atoms with Crippen molar-refractivity contribution in [3.8, 4) is 0 Å². The first kappa shape index (κ1) is 16.8. The summed E-state index contributed by atoms with van der Waals surface area (Å²) >= 11 is 0. The van der Waals surface area contributed by atoms with E-state index in [0.29, 0.717) is 23.8 Å². The Morgan fingerprint density at radius 3 is 2.96 bits per heavy atom. The zero-order chi connectivity index (χ0) is 18.8. The normalized spacial score (nSPS) is 15.5. The average molecular weight is 362 g/mol. The summed E-state index contributed by atoms with van der Waals surface area (Å²) in [7, 11) is 1.98. The molecule has 136 valence electrons. The van der Waals surface area contributed by atoms with Gasteiger partial charge in [0, 0.05) is 12.3 Å². The molecule has 0 unspecified atom stereocenters. The third-order valence-corrected chi connectivity index (χ3v) is 4.21. The van der Waals surface area contributed by atoms with E-state index in [1.807, 2.05) is 54.7 Å². The lowest BCUT2D eigenvalue weighted by atomic mass is 10.1. The van der Waals surface area contributed by atoms with Gasteiger partial charge in [-0.15, -0.1) is 5.10 Å². The van der Waals surface area contributed by atoms with Gasteiger partial charge in [0.15, 0.2) is 5.82 Å². The Balaban J connectivity index is 1.64. The summed E-state index contributed by atoms with van der Waals surface area (Å²) in [4.78, 5) is 4.61. The van der Waals surface area contributed by atoms with Crippen LogP contribution in [0.25, 0.3) is 5.52 Å². The molecule has 0 saturated carbocycles. The minimum Gasteiger partial charge on any atom is -0.506 e. The van der Waals surface area contributed by atoms with Gasteiger partial charge in [-0.05, 0) is 24.3 Å². The zero-order valence-electron chi connectivity index (χ0n) is 14.9. The van der Waals surface area contributed by atoms with E-state index in [2.05, 4.69) is 20.0 Å². The number of hydrogen-bond acceptors (Lipinski definition) is 5. The molecule has 0 spiro atoms. The molecule has 8 heteroatoms. The van der Waals surface area contributed by atoms with Gasteiger partial charge in [-0.1, -0.05) is 6.07 Å². The van der Waals surface area contributed by atoms with Crippen LogP contribution >= 0.6 is 0 Å². The fourth-order valence-electron chi connectivity index (χ4n) is 2.89. The predicted octanol–water partition coefficient (Wildman–Crippen LogP) is 2.18. The molecular weight excluding hydrogens is 342 g/mol. The number of pyridine rings is 1. The largest absolute Gasteiger partial charge is 0.506 e. The van der Waals surface area contributed by atoms with Gasteiger partial charge in [0.05, 0.1) is 24.8 Å². The first-order valence-electron chi connectivity index (χ1n) is 8.59. The number of aliphatic hydroxyl groups is 1. The number of hydrogen-bond donors (Lipinski definition) is 3. The lowest BCUT2D eigenvalue weighted by Crippen LogP contribution is -2.24. The molecule has 0 fully saturated rings. The number of aromatic nitrogens is 4. The van der Waals surface area contributed by atoms with Crippen molar-refractivity contribution >= 4 is 28.4 Å².